The Hall–Kier alpha value is -0.780. The highest BCUT2D eigenvalue weighted by molar-refractivity contribution is 7.91. The van der Waals surface area contributed by atoms with Gasteiger partial charge >= 0.3 is 6.03 Å². The van der Waals surface area contributed by atoms with Crippen molar-refractivity contribution in [2.24, 2.45) is 5.92 Å². The van der Waals surface area contributed by atoms with Crippen LogP contribution in [0.1, 0.15) is 64.7 Å². The SMILES string of the molecule is CC[C@@H]1CCCC[C@@H]1NC(=O)N[C@@H]1CCC[C@H](S(C)(=O)=O)C1. The van der Waals surface area contributed by atoms with E-state index in [0.717, 1.165) is 32.1 Å². The predicted molar refractivity (Wildman–Crippen MR) is 88.6 cm³/mol. The van der Waals surface area contributed by atoms with Gasteiger partial charge < -0.3 is 10.6 Å². The molecule has 4 atom stereocenters. The van der Waals surface area contributed by atoms with Crippen LogP contribution in [0, 0.1) is 5.92 Å². The largest absolute Gasteiger partial charge is 0.335 e. The summed E-state index contributed by atoms with van der Waals surface area (Å²) in [6.07, 6.45) is 10.1. The predicted octanol–water partition coefficient (Wildman–Crippen LogP) is 2.61. The maximum Gasteiger partial charge on any atom is 0.315 e. The first-order valence-electron chi connectivity index (χ1n) is 8.66. The first-order chi connectivity index (χ1) is 10.4. The molecule has 2 rings (SSSR count). The van der Waals surface area contributed by atoms with Crippen LogP contribution in [0.2, 0.25) is 0 Å². The molecule has 2 saturated carbocycles. The molecule has 0 aliphatic heterocycles. The topological polar surface area (TPSA) is 75.3 Å². The van der Waals surface area contributed by atoms with E-state index in [0.29, 0.717) is 12.3 Å². The molecule has 5 nitrogen and oxygen atoms in total. The molecule has 0 saturated heterocycles. The quantitative estimate of drug-likeness (QED) is 0.832. The lowest BCUT2D eigenvalue weighted by Gasteiger charge is -2.33. The molecule has 0 heterocycles. The lowest BCUT2D eigenvalue weighted by atomic mass is 9.83. The molecule has 128 valence electrons. The smallest absolute Gasteiger partial charge is 0.315 e. The highest BCUT2D eigenvalue weighted by Crippen LogP contribution is 2.27. The van der Waals surface area contributed by atoms with Crippen molar-refractivity contribution in [3.8, 4) is 0 Å². The van der Waals surface area contributed by atoms with Crippen LogP contribution >= 0.6 is 0 Å². The Morgan fingerprint density at radius 1 is 1.05 bits per heavy atom. The number of hydrogen-bond acceptors (Lipinski definition) is 3. The summed E-state index contributed by atoms with van der Waals surface area (Å²) < 4.78 is 23.4. The van der Waals surface area contributed by atoms with E-state index in [1.807, 2.05) is 0 Å². The fourth-order valence-corrected chi connectivity index (χ4v) is 5.12. The number of amides is 2. The Bertz CT molecular complexity index is 478. The highest BCUT2D eigenvalue weighted by Gasteiger charge is 2.30. The third-order valence-corrected chi connectivity index (χ3v) is 6.96. The van der Waals surface area contributed by atoms with Crippen molar-refractivity contribution in [3.05, 3.63) is 0 Å². The van der Waals surface area contributed by atoms with E-state index in [9.17, 15) is 13.2 Å². The maximum absolute atomic E-state index is 12.2. The van der Waals surface area contributed by atoms with Gasteiger partial charge in [-0.3, -0.25) is 0 Å². The van der Waals surface area contributed by atoms with Crippen molar-refractivity contribution in [3.63, 3.8) is 0 Å². The maximum atomic E-state index is 12.2. The van der Waals surface area contributed by atoms with Gasteiger partial charge in [-0.2, -0.15) is 0 Å². The number of carbonyl (C=O) groups is 1. The molecular weight excluding hydrogens is 300 g/mol. The molecule has 2 fully saturated rings. The Morgan fingerprint density at radius 3 is 2.45 bits per heavy atom. The van der Waals surface area contributed by atoms with Gasteiger partial charge in [0.05, 0.1) is 5.25 Å². The minimum absolute atomic E-state index is 0.0165. The summed E-state index contributed by atoms with van der Waals surface area (Å²) in [7, 11) is -3.01. The van der Waals surface area contributed by atoms with E-state index < -0.39 is 9.84 Å². The molecule has 0 unspecified atom stereocenters. The molecule has 0 bridgehead atoms. The second-order valence-electron chi connectivity index (χ2n) is 6.99. The van der Waals surface area contributed by atoms with Gasteiger partial charge in [-0.15, -0.1) is 0 Å². The van der Waals surface area contributed by atoms with E-state index in [1.165, 1.54) is 25.5 Å². The minimum Gasteiger partial charge on any atom is -0.335 e. The number of hydrogen-bond donors (Lipinski definition) is 2. The van der Waals surface area contributed by atoms with Crippen molar-refractivity contribution in [2.45, 2.75) is 82.0 Å². The first kappa shape index (κ1) is 17.6. The lowest BCUT2D eigenvalue weighted by Crippen LogP contribution is -2.51. The molecule has 2 N–H and O–H groups in total. The molecule has 0 aromatic heterocycles. The Balaban J connectivity index is 1.83. The fraction of sp³-hybridized carbons (Fsp3) is 0.938. The van der Waals surface area contributed by atoms with Crippen molar-refractivity contribution in [2.75, 3.05) is 6.26 Å². The van der Waals surface area contributed by atoms with Crippen LogP contribution in [0.15, 0.2) is 0 Å². The molecular formula is C16H30N2O3S. The summed E-state index contributed by atoms with van der Waals surface area (Å²) in [6.45, 7) is 2.18. The number of rotatable bonds is 4. The zero-order valence-electron chi connectivity index (χ0n) is 13.8. The van der Waals surface area contributed by atoms with Crippen LogP contribution in [0.3, 0.4) is 0 Å². The molecule has 2 aliphatic rings. The van der Waals surface area contributed by atoms with Crippen LogP contribution in [0.5, 0.6) is 0 Å². The van der Waals surface area contributed by atoms with Crippen molar-refractivity contribution >= 4 is 15.9 Å². The van der Waals surface area contributed by atoms with Crippen LogP contribution in [0.4, 0.5) is 4.79 Å². The molecule has 0 radical (unpaired) electrons. The van der Waals surface area contributed by atoms with Crippen molar-refractivity contribution in [1.29, 1.82) is 0 Å². The van der Waals surface area contributed by atoms with E-state index >= 15 is 0 Å². The third-order valence-electron chi connectivity index (χ3n) is 5.32. The van der Waals surface area contributed by atoms with E-state index in [2.05, 4.69) is 17.6 Å². The third kappa shape index (κ3) is 4.86. The van der Waals surface area contributed by atoms with Gasteiger partial charge in [-0.1, -0.05) is 32.6 Å². The molecule has 2 amide bonds. The Morgan fingerprint density at radius 2 is 1.77 bits per heavy atom. The second kappa shape index (κ2) is 7.66. The molecule has 0 aromatic carbocycles. The fourth-order valence-electron chi connectivity index (χ4n) is 3.95. The van der Waals surface area contributed by atoms with Gasteiger partial charge in [0.2, 0.25) is 0 Å². The van der Waals surface area contributed by atoms with Crippen LogP contribution in [-0.2, 0) is 9.84 Å². The normalized spacial score (nSPS) is 33.2. The first-order valence-corrected chi connectivity index (χ1v) is 10.6. The summed E-state index contributed by atoms with van der Waals surface area (Å²) >= 11 is 0. The summed E-state index contributed by atoms with van der Waals surface area (Å²) in [5, 5.41) is 5.82. The highest BCUT2D eigenvalue weighted by atomic mass is 32.2. The van der Waals surface area contributed by atoms with Crippen molar-refractivity contribution < 1.29 is 13.2 Å². The zero-order chi connectivity index (χ0) is 16.2. The van der Waals surface area contributed by atoms with Crippen LogP contribution < -0.4 is 10.6 Å². The summed E-state index contributed by atoms with van der Waals surface area (Å²) in [4.78, 5) is 12.2. The van der Waals surface area contributed by atoms with Gasteiger partial charge in [0.25, 0.3) is 0 Å². The van der Waals surface area contributed by atoms with E-state index in [-0.39, 0.29) is 23.4 Å². The monoisotopic (exact) mass is 330 g/mol. The molecule has 0 aromatic rings. The van der Waals surface area contributed by atoms with Gasteiger partial charge in [0, 0.05) is 18.3 Å². The number of nitrogens with one attached hydrogen (secondary N) is 2. The van der Waals surface area contributed by atoms with Crippen LogP contribution in [-0.4, -0.2) is 38.0 Å². The molecule has 22 heavy (non-hydrogen) atoms. The Labute approximate surface area is 134 Å². The minimum atomic E-state index is -3.01. The Kier molecular flexibility index (Phi) is 6.12. The number of carbonyl (C=O) groups excluding carboxylic acids is 1. The van der Waals surface area contributed by atoms with Crippen LogP contribution in [0.25, 0.3) is 0 Å². The van der Waals surface area contributed by atoms with Crippen molar-refractivity contribution in [1.82, 2.24) is 10.6 Å². The standard InChI is InChI=1S/C16H30N2O3S/c1-3-12-7-4-5-10-15(12)18-16(19)17-13-8-6-9-14(11-13)22(2,20)21/h12-15H,3-11H2,1-2H3,(H2,17,18,19)/t12-,13-,14+,15+/m1/s1. The lowest BCUT2D eigenvalue weighted by molar-refractivity contribution is 0.209. The molecule has 2 aliphatic carbocycles. The molecule has 6 heteroatoms. The average molecular weight is 330 g/mol. The zero-order valence-corrected chi connectivity index (χ0v) is 14.6. The summed E-state index contributed by atoms with van der Waals surface area (Å²) in [5.74, 6) is 0.578. The van der Waals surface area contributed by atoms with E-state index in [1.54, 1.807) is 0 Å². The number of sulfone groups is 1. The van der Waals surface area contributed by atoms with Gasteiger partial charge in [-0.25, -0.2) is 13.2 Å². The second-order valence-corrected chi connectivity index (χ2v) is 9.32. The molecule has 0 spiro atoms. The average Bonchev–Trinajstić information content (AvgIpc) is 2.47. The van der Waals surface area contributed by atoms with Gasteiger partial charge in [0.15, 0.2) is 0 Å². The van der Waals surface area contributed by atoms with Gasteiger partial charge in [-0.05, 0) is 38.0 Å². The summed E-state index contributed by atoms with van der Waals surface area (Å²) in [5.41, 5.74) is 0. The van der Waals surface area contributed by atoms with E-state index in [4.69, 9.17) is 0 Å². The van der Waals surface area contributed by atoms with Gasteiger partial charge in [0.1, 0.15) is 9.84 Å². The number of urea groups is 1. The summed E-state index contributed by atoms with van der Waals surface area (Å²) in [6, 6.07) is 0.134.